The molecule has 0 saturated carbocycles. The molecule has 1 rings (SSSR count). The van der Waals surface area contributed by atoms with Crippen molar-refractivity contribution >= 4 is 11.4 Å². The Balaban J connectivity index is 2.94. The second kappa shape index (κ2) is 4.36. The van der Waals surface area contributed by atoms with Crippen molar-refractivity contribution in [3.63, 3.8) is 0 Å². The van der Waals surface area contributed by atoms with Crippen LogP contribution in [0.15, 0.2) is 29.4 Å². The first-order chi connectivity index (χ1) is 6.65. The fourth-order valence-corrected chi connectivity index (χ4v) is 1.06. The van der Waals surface area contributed by atoms with Gasteiger partial charge in [-0.05, 0) is 24.6 Å². The molecule has 0 saturated heterocycles. The van der Waals surface area contributed by atoms with E-state index in [1.54, 1.807) is 19.2 Å². The standard InChI is InChI=1S/C9H11N3O2/c1-7(11-10-2)8-3-5-9(6-4-8)12(13)14/h3-6,10H,1-2H3/b11-7+. The molecule has 0 unspecified atom stereocenters. The molecule has 1 aromatic rings. The van der Waals surface area contributed by atoms with Crippen LogP contribution in [0.5, 0.6) is 0 Å². The van der Waals surface area contributed by atoms with Gasteiger partial charge >= 0.3 is 0 Å². The predicted molar refractivity (Wildman–Crippen MR) is 54.4 cm³/mol. The van der Waals surface area contributed by atoms with Crippen LogP contribution in [-0.4, -0.2) is 17.7 Å². The van der Waals surface area contributed by atoms with E-state index in [0.717, 1.165) is 11.3 Å². The zero-order valence-electron chi connectivity index (χ0n) is 8.02. The number of hydrogen-bond donors (Lipinski definition) is 1. The minimum absolute atomic E-state index is 0.0889. The van der Waals surface area contributed by atoms with Crippen LogP contribution in [0.3, 0.4) is 0 Å². The van der Waals surface area contributed by atoms with Crippen LogP contribution >= 0.6 is 0 Å². The first-order valence-corrected chi connectivity index (χ1v) is 4.11. The van der Waals surface area contributed by atoms with E-state index >= 15 is 0 Å². The number of benzene rings is 1. The van der Waals surface area contributed by atoms with Gasteiger partial charge in [-0.1, -0.05) is 0 Å². The highest BCUT2D eigenvalue weighted by Crippen LogP contribution is 2.12. The molecular weight excluding hydrogens is 182 g/mol. The van der Waals surface area contributed by atoms with Gasteiger partial charge in [-0.25, -0.2) is 0 Å². The summed E-state index contributed by atoms with van der Waals surface area (Å²) in [4.78, 5) is 9.95. The molecule has 0 aliphatic carbocycles. The lowest BCUT2D eigenvalue weighted by molar-refractivity contribution is -0.384. The lowest BCUT2D eigenvalue weighted by atomic mass is 10.1. The molecule has 0 fully saturated rings. The fraction of sp³-hybridized carbons (Fsp3) is 0.222. The molecule has 0 aliphatic rings. The molecular formula is C9H11N3O2. The molecule has 0 heterocycles. The third kappa shape index (κ3) is 2.29. The van der Waals surface area contributed by atoms with E-state index in [0.29, 0.717) is 0 Å². The maximum Gasteiger partial charge on any atom is 0.269 e. The summed E-state index contributed by atoms with van der Waals surface area (Å²) < 4.78 is 0. The third-order valence-electron chi connectivity index (χ3n) is 1.78. The Labute approximate surface area is 81.6 Å². The van der Waals surface area contributed by atoms with Gasteiger partial charge in [0.05, 0.1) is 10.6 Å². The molecule has 0 radical (unpaired) electrons. The van der Waals surface area contributed by atoms with Gasteiger partial charge in [0, 0.05) is 19.2 Å². The predicted octanol–water partition coefficient (Wildman–Crippen LogP) is 1.54. The molecule has 74 valence electrons. The number of non-ortho nitro benzene ring substituents is 1. The highest BCUT2D eigenvalue weighted by Gasteiger charge is 2.04. The number of nitrogens with zero attached hydrogens (tertiary/aromatic N) is 2. The van der Waals surface area contributed by atoms with Gasteiger partial charge in [0.1, 0.15) is 0 Å². The molecule has 1 N–H and O–H groups in total. The molecule has 14 heavy (non-hydrogen) atoms. The zero-order valence-corrected chi connectivity index (χ0v) is 8.02. The molecule has 0 aliphatic heterocycles. The van der Waals surface area contributed by atoms with E-state index in [-0.39, 0.29) is 5.69 Å². The molecule has 0 atom stereocenters. The Morgan fingerprint density at radius 1 is 1.43 bits per heavy atom. The fourth-order valence-electron chi connectivity index (χ4n) is 1.06. The maximum atomic E-state index is 10.4. The van der Waals surface area contributed by atoms with E-state index in [9.17, 15) is 10.1 Å². The van der Waals surface area contributed by atoms with Gasteiger partial charge in [0.15, 0.2) is 0 Å². The SMILES string of the molecule is CN/N=C(\C)c1ccc([N+](=O)[O-])cc1. The number of hydrazone groups is 1. The van der Waals surface area contributed by atoms with E-state index < -0.39 is 4.92 Å². The summed E-state index contributed by atoms with van der Waals surface area (Å²) in [5.41, 5.74) is 4.41. The smallest absolute Gasteiger partial charge is 0.269 e. The zero-order chi connectivity index (χ0) is 10.6. The first kappa shape index (κ1) is 10.2. The summed E-state index contributed by atoms with van der Waals surface area (Å²) in [6.45, 7) is 1.83. The highest BCUT2D eigenvalue weighted by atomic mass is 16.6. The van der Waals surface area contributed by atoms with E-state index in [1.165, 1.54) is 12.1 Å². The molecule has 0 bridgehead atoms. The molecule has 0 amide bonds. The minimum atomic E-state index is -0.422. The van der Waals surface area contributed by atoms with Crippen LogP contribution in [0.4, 0.5) is 5.69 Å². The Morgan fingerprint density at radius 3 is 2.43 bits per heavy atom. The highest BCUT2D eigenvalue weighted by molar-refractivity contribution is 5.98. The number of nitro benzene ring substituents is 1. The van der Waals surface area contributed by atoms with Crippen molar-refractivity contribution in [1.82, 2.24) is 5.43 Å². The maximum absolute atomic E-state index is 10.4. The lowest BCUT2D eigenvalue weighted by Crippen LogP contribution is -2.03. The average molecular weight is 193 g/mol. The van der Waals surface area contributed by atoms with E-state index in [4.69, 9.17) is 0 Å². The van der Waals surface area contributed by atoms with Gasteiger partial charge in [-0.3, -0.25) is 10.1 Å². The van der Waals surface area contributed by atoms with Crippen LogP contribution in [0.25, 0.3) is 0 Å². The van der Waals surface area contributed by atoms with Crippen LogP contribution in [0.2, 0.25) is 0 Å². The normalized spacial score (nSPS) is 11.1. The quantitative estimate of drug-likeness (QED) is 0.449. The monoisotopic (exact) mass is 193 g/mol. The topological polar surface area (TPSA) is 67.5 Å². The van der Waals surface area contributed by atoms with Crippen molar-refractivity contribution in [1.29, 1.82) is 0 Å². The number of hydrogen-bond acceptors (Lipinski definition) is 4. The summed E-state index contributed by atoms with van der Waals surface area (Å²) in [5.74, 6) is 0. The average Bonchev–Trinajstić information content (AvgIpc) is 2.18. The van der Waals surface area contributed by atoms with Crippen LogP contribution < -0.4 is 5.43 Å². The van der Waals surface area contributed by atoms with Crippen molar-refractivity contribution in [3.8, 4) is 0 Å². The van der Waals surface area contributed by atoms with Crippen LogP contribution in [0.1, 0.15) is 12.5 Å². The van der Waals surface area contributed by atoms with Gasteiger partial charge in [-0.15, -0.1) is 0 Å². The van der Waals surface area contributed by atoms with Gasteiger partial charge in [-0.2, -0.15) is 5.10 Å². The Bertz CT molecular complexity index is 357. The third-order valence-corrected chi connectivity index (χ3v) is 1.78. The van der Waals surface area contributed by atoms with Crippen molar-refractivity contribution in [2.45, 2.75) is 6.92 Å². The Morgan fingerprint density at radius 2 is 2.00 bits per heavy atom. The Hall–Kier alpha value is -1.91. The Kier molecular flexibility index (Phi) is 3.17. The molecule has 0 spiro atoms. The second-order valence-electron chi connectivity index (χ2n) is 2.72. The summed E-state index contributed by atoms with van der Waals surface area (Å²) in [6, 6.07) is 6.27. The molecule has 5 nitrogen and oxygen atoms in total. The lowest BCUT2D eigenvalue weighted by Gasteiger charge is -1.99. The largest absolute Gasteiger partial charge is 0.313 e. The number of nitrogens with one attached hydrogen (secondary N) is 1. The van der Waals surface area contributed by atoms with Crippen molar-refractivity contribution in [2.75, 3.05) is 7.05 Å². The summed E-state index contributed by atoms with van der Waals surface area (Å²) in [6.07, 6.45) is 0. The van der Waals surface area contributed by atoms with Gasteiger partial charge in [0.2, 0.25) is 0 Å². The molecule has 1 aromatic carbocycles. The second-order valence-corrected chi connectivity index (χ2v) is 2.72. The van der Waals surface area contributed by atoms with Crippen molar-refractivity contribution in [2.24, 2.45) is 5.10 Å². The summed E-state index contributed by atoms with van der Waals surface area (Å²) >= 11 is 0. The van der Waals surface area contributed by atoms with Gasteiger partial charge in [0.25, 0.3) is 5.69 Å². The number of rotatable bonds is 3. The van der Waals surface area contributed by atoms with E-state index in [1.807, 2.05) is 6.92 Å². The van der Waals surface area contributed by atoms with E-state index in [2.05, 4.69) is 10.5 Å². The van der Waals surface area contributed by atoms with Crippen molar-refractivity contribution in [3.05, 3.63) is 39.9 Å². The van der Waals surface area contributed by atoms with Gasteiger partial charge < -0.3 is 5.43 Å². The summed E-state index contributed by atoms with van der Waals surface area (Å²) in [7, 11) is 1.70. The first-order valence-electron chi connectivity index (χ1n) is 4.11. The van der Waals surface area contributed by atoms with Crippen LogP contribution in [0, 0.1) is 10.1 Å². The minimum Gasteiger partial charge on any atom is -0.313 e. The number of nitro groups is 1. The van der Waals surface area contributed by atoms with Crippen molar-refractivity contribution < 1.29 is 4.92 Å². The van der Waals surface area contributed by atoms with Crippen LogP contribution in [-0.2, 0) is 0 Å². The molecule has 5 heteroatoms. The molecule has 0 aromatic heterocycles. The summed E-state index contributed by atoms with van der Waals surface area (Å²) in [5, 5.41) is 14.3.